The molecule has 1 rings (SSSR count). The van der Waals surface area contributed by atoms with Crippen LogP contribution in [0.15, 0.2) is 22.8 Å². The summed E-state index contributed by atoms with van der Waals surface area (Å²) < 4.78 is 0.977. The van der Waals surface area contributed by atoms with Crippen LogP contribution in [0.25, 0.3) is 0 Å². The standard InChI is InChI=1S/C7H10BrN3/c1-5(11-9)7-3-2-6(8)4-10-7/h2-5,11H,9H2,1H3. The topological polar surface area (TPSA) is 50.9 Å². The number of pyridine rings is 1. The molecule has 0 spiro atoms. The van der Waals surface area contributed by atoms with Gasteiger partial charge in [0.05, 0.1) is 11.7 Å². The van der Waals surface area contributed by atoms with Crippen molar-refractivity contribution in [1.82, 2.24) is 10.4 Å². The van der Waals surface area contributed by atoms with E-state index in [4.69, 9.17) is 5.84 Å². The van der Waals surface area contributed by atoms with Crippen LogP contribution in [0.5, 0.6) is 0 Å². The Kier molecular flexibility index (Phi) is 2.99. The van der Waals surface area contributed by atoms with Crippen molar-refractivity contribution in [3.8, 4) is 0 Å². The maximum absolute atomic E-state index is 5.24. The lowest BCUT2D eigenvalue weighted by atomic mass is 10.2. The lowest BCUT2D eigenvalue weighted by molar-refractivity contribution is 0.587. The van der Waals surface area contributed by atoms with Gasteiger partial charge in [0.25, 0.3) is 0 Å². The molecule has 4 heteroatoms. The summed E-state index contributed by atoms with van der Waals surface area (Å²) in [5.74, 6) is 5.24. The van der Waals surface area contributed by atoms with Gasteiger partial charge in [0.1, 0.15) is 0 Å². The fourth-order valence-electron chi connectivity index (χ4n) is 0.729. The minimum atomic E-state index is 0.100. The van der Waals surface area contributed by atoms with Crippen molar-refractivity contribution in [2.45, 2.75) is 13.0 Å². The highest BCUT2D eigenvalue weighted by atomic mass is 79.9. The second-order valence-corrected chi connectivity index (χ2v) is 3.21. The van der Waals surface area contributed by atoms with Crippen LogP contribution in [-0.4, -0.2) is 4.98 Å². The second kappa shape index (κ2) is 3.80. The van der Waals surface area contributed by atoms with Gasteiger partial charge in [-0.05, 0) is 35.0 Å². The Hall–Kier alpha value is -0.450. The summed E-state index contributed by atoms with van der Waals surface area (Å²) in [7, 11) is 0. The smallest absolute Gasteiger partial charge is 0.0604 e. The van der Waals surface area contributed by atoms with Crippen LogP contribution < -0.4 is 11.3 Å². The van der Waals surface area contributed by atoms with Crippen molar-refractivity contribution in [3.63, 3.8) is 0 Å². The molecule has 0 fully saturated rings. The highest BCUT2D eigenvalue weighted by Crippen LogP contribution is 2.11. The monoisotopic (exact) mass is 215 g/mol. The van der Waals surface area contributed by atoms with Crippen molar-refractivity contribution < 1.29 is 0 Å². The van der Waals surface area contributed by atoms with Gasteiger partial charge in [-0.3, -0.25) is 16.3 Å². The normalized spacial score (nSPS) is 13.0. The van der Waals surface area contributed by atoms with Gasteiger partial charge >= 0.3 is 0 Å². The number of hydrogen-bond donors (Lipinski definition) is 2. The fourth-order valence-corrected chi connectivity index (χ4v) is 0.963. The summed E-state index contributed by atoms with van der Waals surface area (Å²) >= 11 is 3.30. The molecule has 0 aromatic carbocycles. The van der Waals surface area contributed by atoms with Crippen molar-refractivity contribution in [2.75, 3.05) is 0 Å². The molecule has 1 aromatic heterocycles. The Morgan fingerprint density at radius 1 is 1.64 bits per heavy atom. The Bertz CT molecular complexity index is 222. The predicted molar refractivity (Wildman–Crippen MR) is 47.7 cm³/mol. The SMILES string of the molecule is CC(NN)c1ccc(Br)cn1. The van der Waals surface area contributed by atoms with E-state index in [9.17, 15) is 0 Å². The van der Waals surface area contributed by atoms with E-state index in [0.29, 0.717) is 0 Å². The molecule has 1 aromatic rings. The van der Waals surface area contributed by atoms with E-state index in [1.807, 2.05) is 19.1 Å². The van der Waals surface area contributed by atoms with Crippen LogP contribution in [-0.2, 0) is 0 Å². The average molecular weight is 216 g/mol. The van der Waals surface area contributed by atoms with Crippen LogP contribution in [0.1, 0.15) is 18.7 Å². The molecule has 0 aliphatic rings. The maximum Gasteiger partial charge on any atom is 0.0604 e. The van der Waals surface area contributed by atoms with Crippen molar-refractivity contribution in [3.05, 3.63) is 28.5 Å². The Morgan fingerprint density at radius 2 is 2.36 bits per heavy atom. The molecule has 0 amide bonds. The molecule has 0 aliphatic carbocycles. The lowest BCUT2D eigenvalue weighted by Gasteiger charge is -2.07. The van der Waals surface area contributed by atoms with E-state index in [-0.39, 0.29) is 6.04 Å². The van der Waals surface area contributed by atoms with E-state index >= 15 is 0 Å². The van der Waals surface area contributed by atoms with Gasteiger partial charge < -0.3 is 0 Å². The van der Waals surface area contributed by atoms with Gasteiger partial charge in [-0.1, -0.05) is 0 Å². The van der Waals surface area contributed by atoms with Crippen LogP contribution in [0.3, 0.4) is 0 Å². The Labute approximate surface area is 74.1 Å². The number of hydrogen-bond acceptors (Lipinski definition) is 3. The van der Waals surface area contributed by atoms with Gasteiger partial charge in [0.15, 0.2) is 0 Å². The van der Waals surface area contributed by atoms with Gasteiger partial charge in [0, 0.05) is 10.7 Å². The van der Waals surface area contributed by atoms with Crippen molar-refractivity contribution >= 4 is 15.9 Å². The van der Waals surface area contributed by atoms with Crippen LogP contribution >= 0.6 is 15.9 Å². The third-order valence-corrected chi connectivity index (χ3v) is 1.91. The first-order valence-corrected chi connectivity index (χ1v) is 4.11. The molecular formula is C7H10BrN3. The van der Waals surface area contributed by atoms with E-state index < -0.39 is 0 Å². The highest BCUT2D eigenvalue weighted by molar-refractivity contribution is 9.10. The maximum atomic E-state index is 5.24. The summed E-state index contributed by atoms with van der Waals surface area (Å²) in [5.41, 5.74) is 3.56. The number of nitrogens with one attached hydrogen (secondary N) is 1. The minimum absolute atomic E-state index is 0.100. The molecule has 3 N–H and O–H groups in total. The molecule has 0 saturated carbocycles. The summed E-state index contributed by atoms with van der Waals surface area (Å²) in [5, 5.41) is 0. The molecule has 0 aliphatic heterocycles. The van der Waals surface area contributed by atoms with Crippen molar-refractivity contribution in [1.29, 1.82) is 0 Å². The van der Waals surface area contributed by atoms with E-state index in [1.54, 1.807) is 6.20 Å². The van der Waals surface area contributed by atoms with Gasteiger partial charge in [-0.25, -0.2) is 0 Å². The fraction of sp³-hybridized carbons (Fsp3) is 0.286. The third-order valence-electron chi connectivity index (χ3n) is 1.44. The molecule has 0 radical (unpaired) electrons. The molecule has 1 atom stereocenters. The number of nitrogens with two attached hydrogens (primary N) is 1. The zero-order chi connectivity index (χ0) is 8.27. The number of halogens is 1. The number of rotatable bonds is 2. The zero-order valence-electron chi connectivity index (χ0n) is 6.21. The van der Waals surface area contributed by atoms with E-state index in [2.05, 4.69) is 26.3 Å². The van der Waals surface area contributed by atoms with Crippen LogP contribution in [0, 0.1) is 0 Å². The first-order valence-electron chi connectivity index (χ1n) is 3.31. The first-order chi connectivity index (χ1) is 5.24. The second-order valence-electron chi connectivity index (χ2n) is 2.29. The van der Waals surface area contributed by atoms with E-state index in [0.717, 1.165) is 10.2 Å². The molecule has 0 saturated heterocycles. The van der Waals surface area contributed by atoms with E-state index in [1.165, 1.54) is 0 Å². The predicted octanol–water partition coefficient (Wildman–Crippen LogP) is 1.37. The van der Waals surface area contributed by atoms with Gasteiger partial charge in [0.2, 0.25) is 0 Å². The van der Waals surface area contributed by atoms with Crippen LogP contribution in [0.2, 0.25) is 0 Å². The number of nitrogens with zero attached hydrogens (tertiary/aromatic N) is 1. The minimum Gasteiger partial charge on any atom is -0.271 e. The highest BCUT2D eigenvalue weighted by Gasteiger charge is 2.02. The first kappa shape index (κ1) is 8.64. The molecule has 3 nitrogen and oxygen atoms in total. The summed E-state index contributed by atoms with van der Waals surface area (Å²) in [6.45, 7) is 1.95. The van der Waals surface area contributed by atoms with Crippen LogP contribution in [0.4, 0.5) is 0 Å². The zero-order valence-corrected chi connectivity index (χ0v) is 7.80. The summed E-state index contributed by atoms with van der Waals surface area (Å²) in [6, 6.07) is 3.97. The molecule has 0 bridgehead atoms. The Morgan fingerprint density at radius 3 is 2.82 bits per heavy atom. The Balaban J connectivity index is 2.81. The summed E-state index contributed by atoms with van der Waals surface area (Å²) in [6.07, 6.45) is 1.75. The molecule has 1 unspecified atom stereocenters. The molecular weight excluding hydrogens is 206 g/mol. The third kappa shape index (κ3) is 2.25. The van der Waals surface area contributed by atoms with Crippen molar-refractivity contribution in [2.24, 2.45) is 5.84 Å². The van der Waals surface area contributed by atoms with Gasteiger partial charge in [-0.15, -0.1) is 0 Å². The molecule has 1 heterocycles. The lowest BCUT2D eigenvalue weighted by Crippen LogP contribution is -2.26. The average Bonchev–Trinajstić information content (AvgIpc) is 2.05. The molecule has 11 heavy (non-hydrogen) atoms. The largest absolute Gasteiger partial charge is 0.271 e. The number of hydrazine groups is 1. The molecule has 60 valence electrons. The van der Waals surface area contributed by atoms with Gasteiger partial charge in [-0.2, -0.15) is 0 Å². The summed E-state index contributed by atoms with van der Waals surface area (Å²) in [4.78, 5) is 4.16. The number of aromatic nitrogens is 1. The quantitative estimate of drug-likeness (QED) is 0.579.